The molecule has 4 nitrogen and oxygen atoms in total. The van der Waals surface area contributed by atoms with Gasteiger partial charge in [0.05, 0.1) is 0 Å². The van der Waals surface area contributed by atoms with Crippen molar-refractivity contribution < 1.29 is 14.7 Å². The summed E-state index contributed by atoms with van der Waals surface area (Å²) >= 11 is 0. The van der Waals surface area contributed by atoms with E-state index in [0.29, 0.717) is 12.0 Å². The van der Waals surface area contributed by atoms with Gasteiger partial charge in [0.1, 0.15) is 6.04 Å². The first-order valence-corrected chi connectivity index (χ1v) is 6.20. The highest BCUT2D eigenvalue weighted by Gasteiger charge is 2.21. The number of rotatable bonds is 6. The summed E-state index contributed by atoms with van der Waals surface area (Å²) in [6.45, 7) is 7.47. The van der Waals surface area contributed by atoms with Gasteiger partial charge in [-0.2, -0.15) is 0 Å². The molecule has 0 aliphatic carbocycles. The highest BCUT2D eigenvalue weighted by molar-refractivity contribution is 5.96. The van der Waals surface area contributed by atoms with E-state index in [0.717, 1.165) is 5.56 Å². The second-order valence-electron chi connectivity index (χ2n) is 4.82. The number of carboxylic acids is 1. The average Bonchev–Trinajstić information content (AvgIpc) is 2.37. The summed E-state index contributed by atoms with van der Waals surface area (Å²) in [7, 11) is 0. The minimum absolute atomic E-state index is 0.199. The first-order valence-electron chi connectivity index (χ1n) is 6.20. The predicted octanol–water partition coefficient (Wildman–Crippen LogP) is 2.56. The normalized spacial score (nSPS) is 11.9. The van der Waals surface area contributed by atoms with Crippen LogP contribution < -0.4 is 5.32 Å². The minimum atomic E-state index is -1.01. The fourth-order valence-corrected chi connectivity index (χ4v) is 1.71. The molecule has 0 aliphatic heterocycles. The van der Waals surface area contributed by atoms with Gasteiger partial charge in [0.25, 0.3) is 5.91 Å². The van der Waals surface area contributed by atoms with Gasteiger partial charge in [-0.15, -0.1) is 0 Å². The van der Waals surface area contributed by atoms with Gasteiger partial charge in [0.2, 0.25) is 0 Å². The number of hydrogen-bond acceptors (Lipinski definition) is 2. The third-order valence-electron chi connectivity index (χ3n) is 2.72. The van der Waals surface area contributed by atoms with Gasteiger partial charge >= 0.3 is 5.97 Å². The molecule has 0 saturated carbocycles. The van der Waals surface area contributed by atoms with E-state index in [1.165, 1.54) is 0 Å². The Morgan fingerprint density at radius 3 is 2.32 bits per heavy atom. The maximum atomic E-state index is 11.9. The Balaban J connectivity index is 2.75. The van der Waals surface area contributed by atoms with Crippen LogP contribution >= 0.6 is 0 Å². The van der Waals surface area contributed by atoms with Crippen LogP contribution in [0.1, 0.15) is 36.2 Å². The Morgan fingerprint density at radius 2 is 1.89 bits per heavy atom. The lowest BCUT2D eigenvalue weighted by molar-refractivity contribution is -0.139. The van der Waals surface area contributed by atoms with E-state index < -0.39 is 12.0 Å². The summed E-state index contributed by atoms with van der Waals surface area (Å²) in [5.74, 6) is -1.18. The van der Waals surface area contributed by atoms with Crippen molar-refractivity contribution in [3.05, 3.63) is 42.0 Å². The molecule has 1 aromatic carbocycles. The Kier molecular flexibility index (Phi) is 5.30. The van der Waals surface area contributed by atoms with Crippen LogP contribution in [-0.2, 0) is 4.79 Å². The summed E-state index contributed by atoms with van der Waals surface area (Å²) in [5, 5.41) is 11.6. The maximum Gasteiger partial charge on any atom is 0.326 e. The SMILES string of the molecule is C=Cc1ccc(C(=O)NC(CC(C)C)C(=O)O)cc1. The number of aliphatic carboxylic acids is 1. The summed E-state index contributed by atoms with van der Waals surface area (Å²) in [6, 6.07) is 5.98. The van der Waals surface area contributed by atoms with Crippen molar-refractivity contribution in [3.63, 3.8) is 0 Å². The molecule has 0 fully saturated rings. The van der Waals surface area contributed by atoms with Crippen LogP contribution in [0.5, 0.6) is 0 Å². The molecule has 0 saturated heterocycles. The molecule has 1 aromatic rings. The van der Waals surface area contributed by atoms with Crippen LogP contribution in [0.15, 0.2) is 30.8 Å². The Morgan fingerprint density at radius 1 is 1.32 bits per heavy atom. The van der Waals surface area contributed by atoms with Gasteiger partial charge in [0, 0.05) is 5.56 Å². The molecule has 0 radical (unpaired) electrons. The van der Waals surface area contributed by atoms with Crippen molar-refractivity contribution in [1.82, 2.24) is 5.32 Å². The summed E-state index contributed by atoms with van der Waals surface area (Å²) in [5.41, 5.74) is 1.36. The fraction of sp³-hybridized carbons (Fsp3) is 0.333. The van der Waals surface area contributed by atoms with Crippen molar-refractivity contribution in [3.8, 4) is 0 Å². The highest BCUT2D eigenvalue weighted by Crippen LogP contribution is 2.08. The zero-order chi connectivity index (χ0) is 14.4. The first-order chi connectivity index (χ1) is 8.93. The van der Waals surface area contributed by atoms with Crippen molar-refractivity contribution in [2.45, 2.75) is 26.3 Å². The fourth-order valence-electron chi connectivity index (χ4n) is 1.71. The summed E-state index contributed by atoms with van der Waals surface area (Å²) in [6.07, 6.45) is 2.09. The van der Waals surface area contributed by atoms with Gasteiger partial charge in [-0.1, -0.05) is 38.6 Å². The number of benzene rings is 1. The molecule has 0 aliphatic rings. The van der Waals surface area contributed by atoms with E-state index in [9.17, 15) is 9.59 Å². The molecule has 4 heteroatoms. The number of carboxylic acid groups (broad SMARTS) is 1. The summed E-state index contributed by atoms with van der Waals surface area (Å²) < 4.78 is 0. The third kappa shape index (κ3) is 4.58. The number of hydrogen-bond donors (Lipinski definition) is 2. The quantitative estimate of drug-likeness (QED) is 0.827. The molecule has 0 heterocycles. The molecule has 1 atom stereocenters. The lowest BCUT2D eigenvalue weighted by atomic mass is 10.0. The van der Waals surface area contributed by atoms with Crippen LogP contribution in [0.25, 0.3) is 6.08 Å². The predicted molar refractivity (Wildman–Crippen MR) is 74.9 cm³/mol. The first kappa shape index (κ1) is 15.0. The topological polar surface area (TPSA) is 66.4 Å². The Hall–Kier alpha value is -2.10. The van der Waals surface area contributed by atoms with Crippen LogP contribution in [0, 0.1) is 5.92 Å². The molecule has 19 heavy (non-hydrogen) atoms. The smallest absolute Gasteiger partial charge is 0.326 e. The number of carbonyl (C=O) groups excluding carboxylic acids is 1. The van der Waals surface area contributed by atoms with Gasteiger partial charge in [-0.3, -0.25) is 4.79 Å². The van der Waals surface area contributed by atoms with Crippen molar-refractivity contribution in [2.24, 2.45) is 5.92 Å². The largest absolute Gasteiger partial charge is 0.480 e. The van der Waals surface area contributed by atoms with Crippen molar-refractivity contribution >= 4 is 18.0 Å². The van der Waals surface area contributed by atoms with Crippen LogP contribution in [0.3, 0.4) is 0 Å². The third-order valence-corrected chi connectivity index (χ3v) is 2.72. The van der Waals surface area contributed by atoms with Crippen LogP contribution in [-0.4, -0.2) is 23.0 Å². The van der Waals surface area contributed by atoms with E-state index in [1.54, 1.807) is 30.3 Å². The van der Waals surface area contributed by atoms with Gasteiger partial charge in [-0.25, -0.2) is 4.79 Å². The molecule has 1 unspecified atom stereocenters. The van der Waals surface area contributed by atoms with Gasteiger partial charge < -0.3 is 10.4 Å². The molecule has 102 valence electrons. The number of nitrogens with one attached hydrogen (secondary N) is 1. The van der Waals surface area contributed by atoms with E-state index in [4.69, 9.17) is 5.11 Å². The molecule has 0 bridgehead atoms. The second-order valence-corrected chi connectivity index (χ2v) is 4.82. The Bertz CT molecular complexity index is 463. The highest BCUT2D eigenvalue weighted by atomic mass is 16.4. The van der Waals surface area contributed by atoms with Crippen molar-refractivity contribution in [2.75, 3.05) is 0 Å². The molecule has 1 amide bonds. The molecule has 0 aromatic heterocycles. The zero-order valence-corrected chi connectivity index (χ0v) is 11.2. The standard InChI is InChI=1S/C15H19NO3/c1-4-11-5-7-12(8-6-11)14(17)16-13(15(18)19)9-10(2)3/h4-8,10,13H,1,9H2,2-3H3,(H,16,17)(H,18,19). The monoisotopic (exact) mass is 261 g/mol. The Labute approximate surface area is 113 Å². The molecular formula is C15H19NO3. The van der Waals surface area contributed by atoms with Crippen LogP contribution in [0.2, 0.25) is 0 Å². The average molecular weight is 261 g/mol. The number of amides is 1. The van der Waals surface area contributed by atoms with E-state index in [2.05, 4.69) is 11.9 Å². The molecular weight excluding hydrogens is 242 g/mol. The second kappa shape index (κ2) is 6.73. The summed E-state index contributed by atoms with van der Waals surface area (Å²) in [4.78, 5) is 23.0. The lowest BCUT2D eigenvalue weighted by Gasteiger charge is -2.16. The van der Waals surface area contributed by atoms with Gasteiger partial charge in [0.15, 0.2) is 0 Å². The molecule has 2 N–H and O–H groups in total. The maximum absolute atomic E-state index is 11.9. The molecule has 0 spiro atoms. The van der Waals surface area contributed by atoms with E-state index >= 15 is 0 Å². The van der Waals surface area contributed by atoms with E-state index in [-0.39, 0.29) is 11.8 Å². The van der Waals surface area contributed by atoms with Crippen molar-refractivity contribution in [1.29, 1.82) is 0 Å². The zero-order valence-electron chi connectivity index (χ0n) is 11.2. The minimum Gasteiger partial charge on any atom is -0.480 e. The lowest BCUT2D eigenvalue weighted by Crippen LogP contribution is -2.41. The van der Waals surface area contributed by atoms with E-state index in [1.807, 2.05) is 13.8 Å². The van der Waals surface area contributed by atoms with Crippen LogP contribution in [0.4, 0.5) is 0 Å². The molecule has 1 rings (SSSR count). The van der Waals surface area contributed by atoms with Gasteiger partial charge in [-0.05, 0) is 30.0 Å². The number of carbonyl (C=O) groups is 2.